The molecule has 1 N–H and O–H groups in total. The van der Waals surface area contributed by atoms with E-state index in [4.69, 9.17) is 4.74 Å². The number of ether oxygens (including phenoxy) is 1. The van der Waals surface area contributed by atoms with Crippen molar-refractivity contribution in [2.24, 2.45) is 4.99 Å². The molecule has 1 aromatic carbocycles. The van der Waals surface area contributed by atoms with Crippen LogP contribution in [0.1, 0.15) is 35.5 Å². The zero-order valence-corrected chi connectivity index (χ0v) is 18.9. The fraction of sp³-hybridized carbons (Fsp3) is 0.154. The van der Waals surface area contributed by atoms with Gasteiger partial charge >= 0.3 is 0 Å². The molecule has 1 amide bonds. The van der Waals surface area contributed by atoms with Gasteiger partial charge < -0.3 is 15.0 Å². The zero-order chi connectivity index (χ0) is 23.4. The number of hydrogen-bond acceptors (Lipinski definition) is 6. The van der Waals surface area contributed by atoms with Crippen molar-refractivity contribution in [3.8, 4) is 5.75 Å². The SMILES string of the molecule is C=N/C(C)=C\C(=C/C)Oc1ccc(N2Cc3cc(Nc4ccnc(C)c4)ncc3C2=O)cc1. The molecule has 33 heavy (non-hydrogen) atoms. The molecule has 1 aliphatic heterocycles. The Labute approximate surface area is 193 Å². The maximum absolute atomic E-state index is 13.0. The van der Waals surface area contributed by atoms with Gasteiger partial charge in [-0.2, -0.15) is 0 Å². The lowest BCUT2D eigenvalue weighted by Crippen LogP contribution is -2.22. The lowest BCUT2D eigenvalue weighted by atomic mass is 10.2. The number of rotatable bonds is 7. The van der Waals surface area contributed by atoms with Gasteiger partial charge in [0.15, 0.2) is 0 Å². The molecule has 166 valence electrons. The van der Waals surface area contributed by atoms with E-state index < -0.39 is 0 Å². The van der Waals surface area contributed by atoms with Gasteiger partial charge in [0, 0.05) is 41.2 Å². The van der Waals surface area contributed by atoms with Crippen molar-refractivity contribution in [1.82, 2.24) is 9.97 Å². The van der Waals surface area contributed by atoms with Crippen molar-refractivity contribution in [2.45, 2.75) is 27.3 Å². The molecule has 7 nitrogen and oxygen atoms in total. The van der Waals surface area contributed by atoms with E-state index in [2.05, 4.69) is 27.0 Å². The largest absolute Gasteiger partial charge is 0.458 e. The maximum atomic E-state index is 13.0. The molecule has 0 bridgehead atoms. The predicted molar refractivity (Wildman–Crippen MR) is 131 cm³/mol. The van der Waals surface area contributed by atoms with E-state index in [1.165, 1.54) is 0 Å². The standard InChI is InChI=1S/C26H25N5O2/c1-5-22(13-17(2)27-4)33-23-8-6-21(7-9-23)31-16-19-14-25(29-15-24(19)26(31)32)30-20-10-11-28-18(3)12-20/h5-15H,4,16H2,1-3H3,(H,28,29,30)/b17-13-,22-5+. The van der Waals surface area contributed by atoms with Crippen LogP contribution in [0.25, 0.3) is 0 Å². The fourth-order valence-corrected chi connectivity index (χ4v) is 3.51. The minimum atomic E-state index is -0.0674. The average Bonchev–Trinajstić information content (AvgIpc) is 3.14. The summed E-state index contributed by atoms with van der Waals surface area (Å²) in [5, 5.41) is 3.27. The van der Waals surface area contributed by atoms with Crippen molar-refractivity contribution in [3.05, 3.63) is 95.3 Å². The van der Waals surface area contributed by atoms with Gasteiger partial charge in [0.05, 0.1) is 12.1 Å². The van der Waals surface area contributed by atoms with Crippen LogP contribution in [0.4, 0.5) is 17.2 Å². The molecule has 0 radical (unpaired) electrons. The predicted octanol–water partition coefficient (Wildman–Crippen LogP) is 5.58. The molecule has 3 aromatic rings. The van der Waals surface area contributed by atoms with E-state index in [-0.39, 0.29) is 5.91 Å². The Hall–Kier alpha value is -4.26. The van der Waals surface area contributed by atoms with Crippen LogP contribution < -0.4 is 15.0 Å². The van der Waals surface area contributed by atoms with Crippen molar-refractivity contribution >= 4 is 29.8 Å². The van der Waals surface area contributed by atoms with Gasteiger partial charge in [-0.15, -0.1) is 0 Å². The Morgan fingerprint density at radius 2 is 2.00 bits per heavy atom. The lowest BCUT2D eigenvalue weighted by Gasteiger charge is -2.16. The van der Waals surface area contributed by atoms with Gasteiger partial charge in [0.2, 0.25) is 0 Å². The zero-order valence-electron chi connectivity index (χ0n) is 18.9. The van der Waals surface area contributed by atoms with E-state index in [9.17, 15) is 4.79 Å². The Morgan fingerprint density at radius 3 is 2.70 bits per heavy atom. The minimum absolute atomic E-state index is 0.0674. The maximum Gasteiger partial charge on any atom is 0.260 e. The molecule has 7 heteroatoms. The molecular weight excluding hydrogens is 414 g/mol. The van der Waals surface area contributed by atoms with E-state index in [0.29, 0.717) is 29.4 Å². The fourth-order valence-electron chi connectivity index (χ4n) is 3.51. The first-order valence-corrected chi connectivity index (χ1v) is 10.6. The molecule has 0 unspecified atom stereocenters. The topological polar surface area (TPSA) is 79.7 Å². The summed E-state index contributed by atoms with van der Waals surface area (Å²) in [5.41, 5.74) is 4.92. The van der Waals surface area contributed by atoms with Crippen molar-refractivity contribution in [2.75, 3.05) is 10.2 Å². The molecule has 0 atom stereocenters. The van der Waals surface area contributed by atoms with Crippen LogP contribution in [0, 0.1) is 6.92 Å². The van der Waals surface area contributed by atoms with Gasteiger partial charge in [-0.05, 0) is 81.6 Å². The monoisotopic (exact) mass is 439 g/mol. The number of carbonyl (C=O) groups excluding carboxylic acids is 1. The number of anilines is 3. The van der Waals surface area contributed by atoms with Crippen LogP contribution >= 0.6 is 0 Å². The minimum Gasteiger partial charge on any atom is -0.458 e. The van der Waals surface area contributed by atoms with Gasteiger partial charge in [-0.25, -0.2) is 4.98 Å². The molecule has 0 saturated carbocycles. The summed E-state index contributed by atoms with van der Waals surface area (Å²) in [6.07, 6.45) is 7.05. The van der Waals surface area contributed by atoms with Crippen molar-refractivity contribution in [3.63, 3.8) is 0 Å². The van der Waals surface area contributed by atoms with E-state index in [0.717, 1.165) is 28.3 Å². The number of aliphatic imine (C=N–C) groups is 1. The second kappa shape index (κ2) is 9.48. The normalized spacial score (nSPS) is 13.7. The summed E-state index contributed by atoms with van der Waals surface area (Å²) in [6, 6.07) is 13.2. The lowest BCUT2D eigenvalue weighted by molar-refractivity contribution is 0.0996. The third-order valence-corrected chi connectivity index (χ3v) is 5.23. The van der Waals surface area contributed by atoms with Gasteiger partial charge in [-0.3, -0.25) is 14.8 Å². The Kier molecular flexibility index (Phi) is 6.31. The molecule has 1 aliphatic rings. The Morgan fingerprint density at radius 1 is 1.21 bits per heavy atom. The number of pyridine rings is 2. The third-order valence-electron chi connectivity index (χ3n) is 5.23. The molecule has 0 saturated heterocycles. The van der Waals surface area contributed by atoms with Crippen molar-refractivity contribution in [1.29, 1.82) is 0 Å². The van der Waals surface area contributed by atoms with E-state index in [1.807, 2.05) is 75.4 Å². The molecule has 0 fully saturated rings. The number of carbonyl (C=O) groups is 1. The quantitative estimate of drug-likeness (QED) is 0.295. The Bertz CT molecular complexity index is 1260. The van der Waals surface area contributed by atoms with Crippen LogP contribution in [0.5, 0.6) is 5.75 Å². The first-order chi connectivity index (χ1) is 16.0. The molecule has 4 rings (SSSR count). The highest BCUT2D eigenvalue weighted by atomic mass is 16.5. The van der Waals surface area contributed by atoms with Gasteiger partial charge in [0.1, 0.15) is 17.3 Å². The molecule has 0 spiro atoms. The number of benzene rings is 1. The van der Waals surface area contributed by atoms with Crippen LogP contribution in [0.3, 0.4) is 0 Å². The van der Waals surface area contributed by atoms with Crippen LogP contribution in [0.2, 0.25) is 0 Å². The molecule has 2 aromatic heterocycles. The van der Waals surface area contributed by atoms with Crippen molar-refractivity contribution < 1.29 is 9.53 Å². The summed E-state index contributed by atoms with van der Waals surface area (Å²) < 4.78 is 5.89. The van der Waals surface area contributed by atoms with Crippen LogP contribution in [0.15, 0.2) is 83.5 Å². The van der Waals surface area contributed by atoms with Crippen LogP contribution in [-0.2, 0) is 6.54 Å². The first kappa shape index (κ1) is 22.0. The second-order valence-electron chi connectivity index (χ2n) is 7.66. The molecular formula is C26H25N5O2. The summed E-state index contributed by atoms with van der Waals surface area (Å²) in [7, 11) is 0. The van der Waals surface area contributed by atoms with E-state index >= 15 is 0 Å². The number of nitrogens with one attached hydrogen (secondary N) is 1. The summed E-state index contributed by atoms with van der Waals surface area (Å²) >= 11 is 0. The number of amides is 1. The number of allylic oxidation sites excluding steroid dienone is 3. The highest BCUT2D eigenvalue weighted by Crippen LogP contribution is 2.31. The highest BCUT2D eigenvalue weighted by molar-refractivity contribution is 6.10. The smallest absolute Gasteiger partial charge is 0.260 e. The number of nitrogens with zero attached hydrogens (tertiary/aromatic N) is 4. The number of aryl methyl sites for hydroxylation is 1. The number of aromatic nitrogens is 2. The molecule has 3 heterocycles. The highest BCUT2D eigenvalue weighted by Gasteiger charge is 2.29. The number of fused-ring (bicyclic) bond motifs is 1. The van der Waals surface area contributed by atoms with Gasteiger partial charge in [0.25, 0.3) is 5.91 Å². The first-order valence-electron chi connectivity index (χ1n) is 10.6. The van der Waals surface area contributed by atoms with E-state index in [1.54, 1.807) is 17.3 Å². The third kappa shape index (κ3) is 4.98. The van der Waals surface area contributed by atoms with Gasteiger partial charge in [-0.1, -0.05) is 0 Å². The molecule has 0 aliphatic carbocycles. The summed E-state index contributed by atoms with van der Waals surface area (Å²) in [4.78, 5) is 27.2. The second-order valence-corrected chi connectivity index (χ2v) is 7.66. The summed E-state index contributed by atoms with van der Waals surface area (Å²) in [5.74, 6) is 1.97. The van der Waals surface area contributed by atoms with Crippen LogP contribution in [-0.4, -0.2) is 22.6 Å². The Balaban J connectivity index is 1.48. The number of hydrogen-bond donors (Lipinski definition) is 1. The summed E-state index contributed by atoms with van der Waals surface area (Å²) in [6.45, 7) is 9.68. The average molecular weight is 440 g/mol.